The van der Waals surface area contributed by atoms with Crippen LogP contribution >= 0.6 is 0 Å². The van der Waals surface area contributed by atoms with E-state index in [1.807, 2.05) is 0 Å². The number of carboxylic acid groups (broad SMARTS) is 1. The summed E-state index contributed by atoms with van der Waals surface area (Å²) in [7, 11) is 1.58. The van der Waals surface area contributed by atoms with Crippen molar-refractivity contribution in [1.29, 1.82) is 0 Å². The molecule has 1 atom stereocenters. The maximum Gasteiger partial charge on any atom is 0.416 e. The Morgan fingerprint density at radius 2 is 1.85 bits per heavy atom. The highest BCUT2D eigenvalue weighted by molar-refractivity contribution is 5.94. The Kier molecular flexibility index (Phi) is 8.36. The van der Waals surface area contributed by atoms with Gasteiger partial charge in [-0.25, -0.2) is 4.98 Å². The van der Waals surface area contributed by atoms with Crippen LogP contribution in [0.1, 0.15) is 47.1 Å². The zero-order valence-corrected chi connectivity index (χ0v) is 22.8. The van der Waals surface area contributed by atoms with Crippen molar-refractivity contribution in [2.45, 2.75) is 52.0 Å². The highest BCUT2D eigenvalue weighted by Gasteiger charge is 2.34. The molecule has 2 aromatic carbocycles. The molecule has 13 heteroatoms. The fraction of sp³-hybridized carbons (Fsp3) is 0.393. The SMILES string of the molecule is CC(=O)N[C@H]1CCCN(C(=O)c2ccc(N(C)Cc3cc4c(=O)n(CC(=O)O)c(C)nc4cc3C(F)(F)F)cc2)C1. The third-order valence-electron chi connectivity index (χ3n) is 7.05. The number of aliphatic carboxylic acids is 1. The van der Waals surface area contributed by atoms with Gasteiger partial charge in [-0.05, 0) is 61.7 Å². The number of hydrogen-bond acceptors (Lipinski definition) is 6. The van der Waals surface area contributed by atoms with Gasteiger partial charge < -0.3 is 20.2 Å². The second-order valence-corrected chi connectivity index (χ2v) is 10.2. The third kappa shape index (κ3) is 6.67. The van der Waals surface area contributed by atoms with Crippen LogP contribution in [0.5, 0.6) is 0 Å². The summed E-state index contributed by atoms with van der Waals surface area (Å²) in [6, 6.07) is 8.25. The van der Waals surface area contributed by atoms with Gasteiger partial charge in [0.1, 0.15) is 12.4 Å². The molecule has 0 spiro atoms. The van der Waals surface area contributed by atoms with Crippen molar-refractivity contribution in [3.63, 3.8) is 0 Å². The van der Waals surface area contributed by atoms with Gasteiger partial charge in [0.2, 0.25) is 5.91 Å². The Morgan fingerprint density at radius 1 is 1.17 bits per heavy atom. The van der Waals surface area contributed by atoms with Crippen LogP contribution in [-0.4, -0.2) is 63.5 Å². The fourth-order valence-corrected chi connectivity index (χ4v) is 5.09. The molecule has 10 nitrogen and oxygen atoms in total. The number of aromatic nitrogens is 2. The molecule has 1 aromatic heterocycles. The van der Waals surface area contributed by atoms with Crippen LogP contribution in [0.15, 0.2) is 41.2 Å². The van der Waals surface area contributed by atoms with Gasteiger partial charge in [0.25, 0.3) is 11.5 Å². The minimum atomic E-state index is -4.73. The lowest BCUT2D eigenvalue weighted by atomic mass is 10.0. The molecule has 0 radical (unpaired) electrons. The van der Waals surface area contributed by atoms with Crippen molar-refractivity contribution in [1.82, 2.24) is 19.8 Å². The van der Waals surface area contributed by atoms with Crippen molar-refractivity contribution >= 4 is 34.4 Å². The van der Waals surface area contributed by atoms with Crippen LogP contribution in [0.2, 0.25) is 0 Å². The smallest absolute Gasteiger partial charge is 0.416 e. The fourth-order valence-electron chi connectivity index (χ4n) is 5.09. The quantitative estimate of drug-likeness (QED) is 0.445. The lowest BCUT2D eigenvalue weighted by Gasteiger charge is -2.33. The third-order valence-corrected chi connectivity index (χ3v) is 7.05. The molecule has 2 amide bonds. The van der Waals surface area contributed by atoms with Crippen LogP contribution in [0.4, 0.5) is 18.9 Å². The second kappa shape index (κ2) is 11.6. The first-order valence-corrected chi connectivity index (χ1v) is 12.9. The summed E-state index contributed by atoms with van der Waals surface area (Å²) in [6.07, 6.45) is -3.19. The van der Waals surface area contributed by atoms with Gasteiger partial charge in [0, 0.05) is 50.9 Å². The van der Waals surface area contributed by atoms with E-state index < -0.39 is 29.8 Å². The van der Waals surface area contributed by atoms with Crippen molar-refractivity contribution in [3.05, 3.63) is 69.3 Å². The van der Waals surface area contributed by atoms with Crippen LogP contribution < -0.4 is 15.8 Å². The number of carbonyl (C=O) groups is 3. The lowest BCUT2D eigenvalue weighted by Crippen LogP contribution is -2.49. The van der Waals surface area contributed by atoms with E-state index in [1.165, 1.54) is 13.8 Å². The minimum absolute atomic E-state index is 0.00674. The van der Waals surface area contributed by atoms with Crippen LogP contribution in [-0.2, 0) is 28.9 Å². The van der Waals surface area contributed by atoms with Crippen LogP contribution in [0, 0.1) is 6.92 Å². The van der Waals surface area contributed by atoms with Gasteiger partial charge in [-0.15, -0.1) is 0 Å². The average molecular weight is 574 g/mol. The number of alkyl halides is 3. The van der Waals surface area contributed by atoms with E-state index in [-0.39, 0.29) is 46.7 Å². The van der Waals surface area contributed by atoms with E-state index in [0.717, 1.165) is 29.5 Å². The summed E-state index contributed by atoms with van der Waals surface area (Å²) in [5.41, 5.74) is -1.11. The summed E-state index contributed by atoms with van der Waals surface area (Å²) < 4.78 is 43.0. The predicted molar refractivity (Wildman–Crippen MR) is 145 cm³/mol. The van der Waals surface area contributed by atoms with Crippen LogP contribution in [0.3, 0.4) is 0 Å². The van der Waals surface area contributed by atoms with Gasteiger partial charge in [-0.1, -0.05) is 0 Å². The highest BCUT2D eigenvalue weighted by atomic mass is 19.4. The molecular weight excluding hydrogens is 543 g/mol. The molecular formula is C28H30F3N5O5. The number of piperidine rings is 1. The first kappa shape index (κ1) is 29.6. The molecule has 1 saturated heterocycles. The Labute approximate surface area is 233 Å². The molecule has 0 bridgehead atoms. The molecule has 0 unspecified atom stereocenters. The van der Waals surface area contributed by atoms with E-state index in [2.05, 4.69) is 10.3 Å². The van der Waals surface area contributed by atoms with Gasteiger partial charge in [0.05, 0.1) is 16.5 Å². The number of nitrogens with zero attached hydrogens (tertiary/aromatic N) is 4. The first-order valence-electron chi connectivity index (χ1n) is 12.9. The van der Waals surface area contributed by atoms with E-state index in [4.69, 9.17) is 5.11 Å². The molecule has 0 saturated carbocycles. The zero-order valence-electron chi connectivity index (χ0n) is 22.8. The van der Waals surface area contributed by atoms with E-state index in [0.29, 0.717) is 24.3 Å². The molecule has 2 heterocycles. The molecule has 2 N–H and O–H groups in total. The summed E-state index contributed by atoms with van der Waals surface area (Å²) in [4.78, 5) is 55.9. The largest absolute Gasteiger partial charge is 0.480 e. The number of likely N-dealkylation sites (tertiary alicyclic amines) is 1. The standard InChI is InChI=1S/C28H30F3N5O5/c1-16-32-24-12-23(28(29,30)31)19(11-22(24)27(41)36(16)15-25(38)39)13-34(3)21-8-6-18(7-9-21)26(40)35-10-4-5-20(14-35)33-17(2)37/h6-9,11-12,20H,4-5,10,13-15H2,1-3H3,(H,33,37)(H,38,39)/t20-/m0/s1. The average Bonchev–Trinajstić information content (AvgIpc) is 2.90. The number of fused-ring (bicyclic) bond motifs is 1. The van der Waals surface area contributed by atoms with Gasteiger partial charge in [-0.3, -0.25) is 23.7 Å². The zero-order chi connectivity index (χ0) is 30.1. The molecule has 4 rings (SSSR count). The van der Waals surface area contributed by atoms with E-state index in [1.54, 1.807) is 41.1 Å². The predicted octanol–water partition coefficient (Wildman–Crippen LogP) is 3.19. The maximum atomic E-state index is 14.0. The van der Waals surface area contributed by atoms with Gasteiger partial charge >= 0.3 is 12.1 Å². The molecule has 1 aliphatic heterocycles. The Bertz CT molecular complexity index is 1550. The van der Waals surface area contributed by atoms with Crippen molar-refractivity contribution < 1.29 is 32.7 Å². The summed E-state index contributed by atoms with van der Waals surface area (Å²) >= 11 is 0. The van der Waals surface area contributed by atoms with Crippen LogP contribution in [0.25, 0.3) is 10.9 Å². The molecule has 3 aromatic rings. The Balaban J connectivity index is 1.59. The number of nitrogens with one attached hydrogen (secondary N) is 1. The number of hydrogen-bond donors (Lipinski definition) is 2. The van der Waals surface area contributed by atoms with Crippen molar-refractivity contribution in [2.24, 2.45) is 0 Å². The Morgan fingerprint density at radius 3 is 2.46 bits per heavy atom. The highest BCUT2D eigenvalue weighted by Crippen LogP contribution is 2.35. The van der Waals surface area contributed by atoms with Gasteiger partial charge in [-0.2, -0.15) is 13.2 Å². The van der Waals surface area contributed by atoms with Gasteiger partial charge in [0.15, 0.2) is 0 Å². The molecule has 41 heavy (non-hydrogen) atoms. The number of carboxylic acids is 1. The van der Waals surface area contributed by atoms with E-state index in [9.17, 15) is 32.3 Å². The first-order chi connectivity index (χ1) is 19.2. The van der Waals surface area contributed by atoms with Crippen molar-refractivity contribution in [3.8, 4) is 0 Å². The number of carbonyl (C=O) groups excluding carboxylic acids is 2. The number of rotatable bonds is 7. The van der Waals surface area contributed by atoms with E-state index >= 15 is 0 Å². The molecule has 1 aliphatic rings. The molecule has 218 valence electrons. The topological polar surface area (TPSA) is 125 Å². The van der Waals surface area contributed by atoms with Crippen molar-refractivity contribution in [2.75, 3.05) is 25.0 Å². The molecule has 1 fully saturated rings. The maximum absolute atomic E-state index is 14.0. The second-order valence-electron chi connectivity index (χ2n) is 10.2. The number of aryl methyl sites for hydroxylation is 1. The number of anilines is 1. The minimum Gasteiger partial charge on any atom is -0.480 e. The summed E-state index contributed by atoms with van der Waals surface area (Å²) in [5.74, 6) is -1.65. The monoisotopic (exact) mass is 573 g/mol. The summed E-state index contributed by atoms with van der Waals surface area (Å²) in [6.45, 7) is 2.85. The summed E-state index contributed by atoms with van der Waals surface area (Å²) in [5, 5.41) is 11.8. The number of amides is 2. The number of halogens is 3. The normalized spacial score (nSPS) is 15.6. The molecule has 0 aliphatic carbocycles. The number of benzene rings is 2. The Hall–Kier alpha value is -4.42. The lowest BCUT2D eigenvalue weighted by molar-refractivity contribution is -0.138.